The summed E-state index contributed by atoms with van der Waals surface area (Å²) in [6, 6.07) is 0. The predicted octanol–water partition coefficient (Wildman–Crippen LogP) is 0.492. The predicted molar refractivity (Wildman–Crippen MR) is 65.8 cm³/mol. The Hall–Kier alpha value is -1.36. The maximum atomic E-state index is 12.1. The molecule has 17 heavy (non-hydrogen) atoms. The molecule has 0 radical (unpaired) electrons. The van der Waals surface area contributed by atoms with Crippen molar-refractivity contribution in [2.24, 2.45) is 13.0 Å². The van der Waals surface area contributed by atoms with E-state index in [2.05, 4.69) is 10.3 Å². The van der Waals surface area contributed by atoms with E-state index >= 15 is 0 Å². The van der Waals surface area contributed by atoms with Crippen molar-refractivity contribution in [1.82, 2.24) is 19.8 Å². The fourth-order valence-electron chi connectivity index (χ4n) is 2.29. The standard InChI is InChI=1S/C12H20N4O/c1-15-7-6-14-11(15)12(17)16(2)9-10-4-3-5-13-8-10/h6-7,10,13H,3-5,8-9H2,1-2H3. The number of nitrogens with zero attached hydrogens (tertiary/aromatic N) is 3. The van der Waals surface area contributed by atoms with Gasteiger partial charge in [0.2, 0.25) is 0 Å². The Bertz CT molecular complexity index is 382. The van der Waals surface area contributed by atoms with Crippen LogP contribution in [0.25, 0.3) is 0 Å². The van der Waals surface area contributed by atoms with Crippen molar-refractivity contribution in [2.45, 2.75) is 12.8 Å². The van der Waals surface area contributed by atoms with Gasteiger partial charge in [-0.3, -0.25) is 4.79 Å². The summed E-state index contributed by atoms with van der Waals surface area (Å²) < 4.78 is 1.76. The minimum atomic E-state index is 0.00285. The van der Waals surface area contributed by atoms with E-state index in [-0.39, 0.29) is 5.91 Å². The summed E-state index contributed by atoms with van der Waals surface area (Å²) in [4.78, 5) is 18.0. The molecule has 94 valence electrons. The second-order valence-electron chi connectivity index (χ2n) is 4.76. The Morgan fingerprint density at radius 2 is 2.53 bits per heavy atom. The summed E-state index contributed by atoms with van der Waals surface area (Å²) >= 11 is 0. The van der Waals surface area contributed by atoms with E-state index in [1.165, 1.54) is 12.8 Å². The average Bonchev–Trinajstić information content (AvgIpc) is 2.76. The van der Waals surface area contributed by atoms with Gasteiger partial charge < -0.3 is 14.8 Å². The first-order chi connectivity index (χ1) is 8.18. The third-order valence-corrected chi connectivity index (χ3v) is 3.29. The van der Waals surface area contributed by atoms with Crippen molar-refractivity contribution in [1.29, 1.82) is 0 Å². The number of hydrogen-bond acceptors (Lipinski definition) is 3. The molecule has 1 aromatic rings. The molecule has 1 aromatic heterocycles. The maximum Gasteiger partial charge on any atom is 0.289 e. The van der Waals surface area contributed by atoms with E-state index in [9.17, 15) is 4.79 Å². The smallest absolute Gasteiger partial charge is 0.289 e. The van der Waals surface area contributed by atoms with Gasteiger partial charge in [-0.25, -0.2) is 4.98 Å². The summed E-state index contributed by atoms with van der Waals surface area (Å²) in [6.07, 6.45) is 5.85. The molecule has 1 saturated heterocycles. The molecule has 0 aliphatic carbocycles. The number of carbonyl (C=O) groups is 1. The molecule has 1 atom stereocenters. The second-order valence-corrected chi connectivity index (χ2v) is 4.76. The van der Waals surface area contributed by atoms with Gasteiger partial charge in [0.15, 0.2) is 5.82 Å². The molecule has 0 aromatic carbocycles. The first-order valence-electron chi connectivity index (χ1n) is 6.12. The van der Waals surface area contributed by atoms with E-state index < -0.39 is 0 Å². The van der Waals surface area contributed by atoms with E-state index in [0.717, 1.165) is 19.6 Å². The maximum absolute atomic E-state index is 12.1. The quantitative estimate of drug-likeness (QED) is 0.831. The monoisotopic (exact) mass is 236 g/mol. The number of rotatable bonds is 3. The minimum Gasteiger partial charge on any atom is -0.339 e. The number of carbonyl (C=O) groups excluding carboxylic acids is 1. The van der Waals surface area contributed by atoms with Crippen LogP contribution in [0.3, 0.4) is 0 Å². The highest BCUT2D eigenvalue weighted by molar-refractivity contribution is 5.90. The Morgan fingerprint density at radius 1 is 1.71 bits per heavy atom. The zero-order valence-electron chi connectivity index (χ0n) is 10.5. The number of piperidine rings is 1. The minimum absolute atomic E-state index is 0.00285. The summed E-state index contributed by atoms with van der Waals surface area (Å²) in [5, 5.41) is 3.37. The molecule has 1 unspecified atom stereocenters. The number of amides is 1. The first kappa shape index (κ1) is 12.1. The van der Waals surface area contributed by atoms with Crippen LogP contribution < -0.4 is 5.32 Å². The van der Waals surface area contributed by atoms with Crippen LogP contribution in [0.4, 0.5) is 0 Å². The SMILES string of the molecule is CN(CC1CCCNC1)C(=O)c1nccn1C. The molecular formula is C12H20N4O. The second kappa shape index (κ2) is 5.31. The van der Waals surface area contributed by atoms with Gasteiger partial charge in [0.25, 0.3) is 5.91 Å². The van der Waals surface area contributed by atoms with Gasteiger partial charge in [-0.05, 0) is 31.8 Å². The number of nitrogens with one attached hydrogen (secondary N) is 1. The lowest BCUT2D eigenvalue weighted by atomic mass is 9.99. The van der Waals surface area contributed by atoms with Gasteiger partial charge >= 0.3 is 0 Å². The normalized spacial score (nSPS) is 20.2. The highest BCUT2D eigenvalue weighted by atomic mass is 16.2. The molecule has 0 saturated carbocycles. The fourth-order valence-corrected chi connectivity index (χ4v) is 2.29. The van der Waals surface area contributed by atoms with Crippen molar-refractivity contribution < 1.29 is 4.79 Å². The molecule has 1 aliphatic heterocycles. The van der Waals surface area contributed by atoms with Gasteiger partial charge in [-0.1, -0.05) is 0 Å². The van der Waals surface area contributed by atoms with E-state index in [4.69, 9.17) is 0 Å². The molecule has 0 spiro atoms. The largest absolute Gasteiger partial charge is 0.339 e. The molecule has 2 heterocycles. The highest BCUT2D eigenvalue weighted by Crippen LogP contribution is 2.12. The van der Waals surface area contributed by atoms with Crippen LogP contribution in [0.15, 0.2) is 12.4 Å². The summed E-state index contributed by atoms with van der Waals surface area (Å²) in [5.74, 6) is 1.08. The lowest BCUT2D eigenvalue weighted by Crippen LogP contribution is -2.39. The summed E-state index contributed by atoms with van der Waals surface area (Å²) in [6.45, 7) is 2.92. The van der Waals surface area contributed by atoms with E-state index in [0.29, 0.717) is 11.7 Å². The molecule has 2 rings (SSSR count). The molecule has 0 bridgehead atoms. The molecule has 5 heteroatoms. The van der Waals surface area contributed by atoms with E-state index in [1.807, 2.05) is 14.1 Å². The van der Waals surface area contributed by atoms with Gasteiger partial charge in [0.05, 0.1) is 0 Å². The number of aromatic nitrogens is 2. The molecule has 1 aliphatic rings. The van der Waals surface area contributed by atoms with Gasteiger partial charge in [-0.15, -0.1) is 0 Å². The van der Waals surface area contributed by atoms with Crippen LogP contribution in [0, 0.1) is 5.92 Å². The van der Waals surface area contributed by atoms with Crippen LogP contribution >= 0.6 is 0 Å². The Balaban J connectivity index is 1.93. The van der Waals surface area contributed by atoms with Crippen LogP contribution in [0.5, 0.6) is 0 Å². The molecule has 1 fully saturated rings. The van der Waals surface area contributed by atoms with Crippen molar-refractivity contribution >= 4 is 5.91 Å². The third-order valence-electron chi connectivity index (χ3n) is 3.29. The van der Waals surface area contributed by atoms with Gasteiger partial charge in [0.1, 0.15) is 0 Å². The fraction of sp³-hybridized carbons (Fsp3) is 0.667. The van der Waals surface area contributed by atoms with Crippen LogP contribution in [-0.2, 0) is 7.05 Å². The van der Waals surface area contributed by atoms with Crippen LogP contribution in [0.1, 0.15) is 23.5 Å². The topological polar surface area (TPSA) is 50.2 Å². The Morgan fingerprint density at radius 3 is 3.12 bits per heavy atom. The van der Waals surface area contributed by atoms with Gasteiger partial charge in [-0.2, -0.15) is 0 Å². The molecule has 5 nitrogen and oxygen atoms in total. The average molecular weight is 236 g/mol. The van der Waals surface area contributed by atoms with Crippen LogP contribution in [0.2, 0.25) is 0 Å². The molecular weight excluding hydrogens is 216 g/mol. The summed E-state index contributed by atoms with van der Waals surface area (Å²) in [5.41, 5.74) is 0. The Kier molecular flexibility index (Phi) is 3.78. The lowest BCUT2D eigenvalue weighted by Gasteiger charge is -2.27. The van der Waals surface area contributed by atoms with Crippen molar-refractivity contribution in [2.75, 3.05) is 26.7 Å². The van der Waals surface area contributed by atoms with Gasteiger partial charge in [0, 0.05) is 33.0 Å². The zero-order chi connectivity index (χ0) is 12.3. The summed E-state index contributed by atoms with van der Waals surface area (Å²) in [7, 11) is 3.70. The molecule has 1 N–H and O–H groups in total. The van der Waals surface area contributed by atoms with Crippen LogP contribution in [-0.4, -0.2) is 47.0 Å². The van der Waals surface area contributed by atoms with E-state index in [1.54, 1.807) is 21.9 Å². The van der Waals surface area contributed by atoms with Crippen molar-refractivity contribution in [3.8, 4) is 0 Å². The van der Waals surface area contributed by atoms with Crippen molar-refractivity contribution in [3.05, 3.63) is 18.2 Å². The number of imidazole rings is 1. The Labute approximate surface area is 102 Å². The van der Waals surface area contributed by atoms with Crippen molar-refractivity contribution in [3.63, 3.8) is 0 Å². The first-order valence-corrected chi connectivity index (χ1v) is 6.12. The lowest BCUT2D eigenvalue weighted by molar-refractivity contribution is 0.0749. The number of aryl methyl sites for hydroxylation is 1. The number of hydrogen-bond donors (Lipinski definition) is 1. The third kappa shape index (κ3) is 2.85. The molecule has 1 amide bonds. The zero-order valence-corrected chi connectivity index (χ0v) is 10.5. The highest BCUT2D eigenvalue weighted by Gasteiger charge is 2.20.